The molecule has 4 nitrogen and oxygen atoms in total. The highest BCUT2D eigenvalue weighted by Crippen LogP contribution is 2.09. The van der Waals surface area contributed by atoms with Gasteiger partial charge in [-0.25, -0.2) is 4.98 Å². The number of hydrogen-bond acceptors (Lipinski definition) is 4. The molecular weight excluding hydrogens is 212 g/mol. The van der Waals surface area contributed by atoms with Crippen molar-refractivity contribution in [2.24, 2.45) is 0 Å². The fourth-order valence-electron chi connectivity index (χ4n) is 1.12. The van der Waals surface area contributed by atoms with Crippen molar-refractivity contribution in [3.8, 4) is 0 Å². The Morgan fingerprint density at radius 2 is 2.13 bits per heavy atom. The largest absolute Gasteiger partial charge is 0.364 e. The summed E-state index contributed by atoms with van der Waals surface area (Å²) in [6, 6.07) is 9.16. The first-order valence-corrected chi connectivity index (χ1v) is 4.85. The van der Waals surface area contributed by atoms with Gasteiger partial charge in [-0.05, 0) is 24.3 Å². The zero-order valence-electron chi connectivity index (χ0n) is 7.89. The van der Waals surface area contributed by atoms with E-state index in [1.807, 2.05) is 24.3 Å². The Labute approximate surface area is 92.3 Å². The van der Waals surface area contributed by atoms with Crippen molar-refractivity contribution in [1.29, 1.82) is 0 Å². The normalized spacial score (nSPS) is 9.93. The molecule has 2 rings (SSSR count). The van der Waals surface area contributed by atoms with Crippen LogP contribution in [0.5, 0.6) is 0 Å². The van der Waals surface area contributed by atoms with Gasteiger partial charge in [-0.2, -0.15) is 10.2 Å². The van der Waals surface area contributed by atoms with Crippen molar-refractivity contribution in [2.75, 3.05) is 5.32 Å². The third-order valence-corrected chi connectivity index (χ3v) is 2.00. The lowest BCUT2D eigenvalue weighted by Crippen LogP contribution is -2.03. The third-order valence-electron chi connectivity index (χ3n) is 1.79. The number of pyridine rings is 1. The van der Waals surface area contributed by atoms with Crippen LogP contribution in [0.1, 0.15) is 5.69 Å². The van der Waals surface area contributed by atoms with Crippen LogP contribution in [0.4, 0.5) is 5.82 Å². The molecule has 1 N–H and O–H groups in total. The summed E-state index contributed by atoms with van der Waals surface area (Å²) in [7, 11) is 0. The van der Waals surface area contributed by atoms with Crippen molar-refractivity contribution < 1.29 is 0 Å². The summed E-state index contributed by atoms with van der Waals surface area (Å²) in [5, 5.41) is 11.3. The number of hydrogen-bond donors (Lipinski definition) is 1. The summed E-state index contributed by atoms with van der Waals surface area (Å²) in [5.74, 6) is 0.730. The quantitative estimate of drug-likeness (QED) is 0.806. The van der Waals surface area contributed by atoms with Crippen molar-refractivity contribution >= 4 is 17.4 Å². The predicted octanol–water partition coefficient (Wildman–Crippen LogP) is 2.14. The van der Waals surface area contributed by atoms with Gasteiger partial charge >= 0.3 is 0 Å². The number of halogens is 1. The van der Waals surface area contributed by atoms with Crippen LogP contribution in [-0.4, -0.2) is 15.2 Å². The van der Waals surface area contributed by atoms with E-state index in [0.29, 0.717) is 11.7 Å². The molecule has 76 valence electrons. The van der Waals surface area contributed by atoms with E-state index in [2.05, 4.69) is 20.5 Å². The Bertz CT molecular complexity index is 432. The second-order valence-corrected chi connectivity index (χ2v) is 3.30. The van der Waals surface area contributed by atoms with E-state index >= 15 is 0 Å². The minimum Gasteiger partial charge on any atom is -0.364 e. The van der Waals surface area contributed by atoms with Crippen molar-refractivity contribution in [3.05, 3.63) is 47.4 Å². The standard InChI is InChI=1S/C10H9ClN4/c11-9-4-1-5-10(14-9)12-7-8-3-2-6-13-15-8/h1-6H,7H2,(H,12,14). The molecule has 2 aromatic rings. The molecular formula is C10H9ClN4. The van der Waals surface area contributed by atoms with Crippen molar-refractivity contribution in [3.63, 3.8) is 0 Å². The maximum atomic E-state index is 5.75. The molecule has 2 heterocycles. The molecule has 0 aliphatic rings. The molecule has 2 aromatic heterocycles. The Balaban J connectivity index is 1.99. The molecule has 5 heteroatoms. The van der Waals surface area contributed by atoms with E-state index in [1.165, 1.54) is 0 Å². The molecule has 0 amide bonds. The highest BCUT2D eigenvalue weighted by atomic mass is 35.5. The lowest BCUT2D eigenvalue weighted by Gasteiger charge is -2.03. The molecule has 0 radical (unpaired) electrons. The highest BCUT2D eigenvalue weighted by molar-refractivity contribution is 6.29. The molecule has 0 bridgehead atoms. The van der Waals surface area contributed by atoms with Crippen LogP contribution < -0.4 is 5.32 Å². The fourth-order valence-corrected chi connectivity index (χ4v) is 1.28. The maximum absolute atomic E-state index is 5.75. The number of rotatable bonds is 3. The SMILES string of the molecule is Clc1cccc(NCc2cccnn2)n1. The lowest BCUT2D eigenvalue weighted by atomic mass is 10.4. The van der Waals surface area contributed by atoms with Crippen molar-refractivity contribution in [2.45, 2.75) is 6.54 Å². The van der Waals surface area contributed by atoms with Gasteiger partial charge < -0.3 is 5.32 Å². The van der Waals surface area contributed by atoms with Crippen LogP contribution in [0, 0.1) is 0 Å². The van der Waals surface area contributed by atoms with Crippen molar-refractivity contribution in [1.82, 2.24) is 15.2 Å². The summed E-state index contributed by atoms with van der Waals surface area (Å²) < 4.78 is 0. The lowest BCUT2D eigenvalue weighted by molar-refractivity contribution is 0.921. The second-order valence-electron chi connectivity index (χ2n) is 2.91. The summed E-state index contributed by atoms with van der Waals surface area (Å²) >= 11 is 5.75. The highest BCUT2D eigenvalue weighted by Gasteiger charge is 1.96. The maximum Gasteiger partial charge on any atom is 0.131 e. The average molecular weight is 221 g/mol. The van der Waals surface area contributed by atoms with Crippen LogP contribution in [0.3, 0.4) is 0 Å². The summed E-state index contributed by atoms with van der Waals surface area (Å²) in [6.45, 7) is 0.585. The molecule has 0 aromatic carbocycles. The second kappa shape index (κ2) is 4.70. The smallest absolute Gasteiger partial charge is 0.131 e. The molecule has 0 aliphatic heterocycles. The fraction of sp³-hybridized carbons (Fsp3) is 0.100. The molecule has 0 saturated heterocycles. The number of anilines is 1. The number of nitrogens with zero attached hydrogens (tertiary/aromatic N) is 3. The van der Waals surface area contributed by atoms with Crippen LogP contribution >= 0.6 is 11.6 Å². The first-order valence-electron chi connectivity index (χ1n) is 4.47. The van der Waals surface area contributed by atoms with Crippen LogP contribution in [0.25, 0.3) is 0 Å². The molecule has 0 atom stereocenters. The van der Waals surface area contributed by atoms with E-state index < -0.39 is 0 Å². The van der Waals surface area contributed by atoms with E-state index in [1.54, 1.807) is 12.3 Å². The molecule has 15 heavy (non-hydrogen) atoms. The van der Waals surface area contributed by atoms with Gasteiger partial charge in [0.15, 0.2) is 0 Å². The summed E-state index contributed by atoms with van der Waals surface area (Å²) in [6.07, 6.45) is 1.64. The van der Waals surface area contributed by atoms with Gasteiger partial charge in [0, 0.05) is 6.20 Å². The average Bonchev–Trinajstić information content (AvgIpc) is 2.28. The Morgan fingerprint density at radius 1 is 1.20 bits per heavy atom. The molecule has 0 saturated carbocycles. The van der Waals surface area contributed by atoms with Gasteiger partial charge in [-0.15, -0.1) is 0 Å². The summed E-state index contributed by atoms with van der Waals surface area (Å²) in [4.78, 5) is 4.09. The van der Waals surface area contributed by atoms with Gasteiger partial charge in [0.25, 0.3) is 0 Å². The van der Waals surface area contributed by atoms with E-state index in [-0.39, 0.29) is 0 Å². The van der Waals surface area contributed by atoms with Gasteiger partial charge in [-0.1, -0.05) is 17.7 Å². The van der Waals surface area contributed by atoms with Crippen LogP contribution in [0.2, 0.25) is 5.15 Å². The number of nitrogens with one attached hydrogen (secondary N) is 1. The number of aromatic nitrogens is 3. The van der Waals surface area contributed by atoms with E-state index in [4.69, 9.17) is 11.6 Å². The Hall–Kier alpha value is -1.68. The van der Waals surface area contributed by atoms with Gasteiger partial charge in [0.05, 0.1) is 12.2 Å². The third kappa shape index (κ3) is 2.89. The van der Waals surface area contributed by atoms with Gasteiger partial charge in [0.2, 0.25) is 0 Å². The molecule has 0 aliphatic carbocycles. The molecule has 0 unspecified atom stereocenters. The molecule has 0 spiro atoms. The minimum atomic E-state index is 0.471. The first kappa shape index (κ1) is 9.86. The predicted molar refractivity (Wildman–Crippen MR) is 58.6 cm³/mol. The summed E-state index contributed by atoms with van der Waals surface area (Å²) in [5.41, 5.74) is 0.860. The zero-order valence-corrected chi connectivity index (χ0v) is 8.65. The first-order chi connectivity index (χ1) is 7.34. The minimum absolute atomic E-state index is 0.471. The Morgan fingerprint density at radius 3 is 2.87 bits per heavy atom. The van der Waals surface area contributed by atoms with E-state index in [9.17, 15) is 0 Å². The van der Waals surface area contributed by atoms with Crippen LogP contribution in [0.15, 0.2) is 36.5 Å². The van der Waals surface area contributed by atoms with Gasteiger partial charge in [0.1, 0.15) is 11.0 Å². The Kier molecular flexibility index (Phi) is 3.09. The van der Waals surface area contributed by atoms with E-state index in [0.717, 1.165) is 11.5 Å². The van der Waals surface area contributed by atoms with Gasteiger partial charge in [-0.3, -0.25) is 0 Å². The zero-order chi connectivity index (χ0) is 10.5. The monoisotopic (exact) mass is 220 g/mol. The molecule has 0 fully saturated rings. The van der Waals surface area contributed by atoms with Crippen LogP contribution in [-0.2, 0) is 6.54 Å². The topological polar surface area (TPSA) is 50.7 Å².